The summed E-state index contributed by atoms with van der Waals surface area (Å²) in [4.78, 5) is 17.3. The van der Waals surface area contributed by atoms with Crippen molar-refractivity contribution in [3.05, 3.63) is 17.8 Å². The van der Waals surface area contributed by atoms with Crippen molar-refractivity contribution < 1.29 is 9.90 Å². The summed E-state index contributed by atoms with van der Waals surface area (Å²) in [5.41, 5.74) is 7.36. The zero-order valence-corrected chi connectivity index (χ0v) is 9.89. The number of pyridine rings is 1. The second kappa shape index (κ2) is 4.61. The normalized spacial score (nSPS) is 17.1. The Hall–Kier alpha value is -1.78. The van der Waals surface area contributed by atoms with Crippen molar-refractivity contribution in [3.63, 3.8) is 0 Å². The molecule has 5 heteroatoms. The van der Waals surface area contributed by atoms with Gasteiger partial charge >= 0.3 is 5.97 Å². The predicted molar refractivity (Wildman–Crippen MR) is 66.0 cm³/mol. The smallest absolute Gasteiger partial charge is 0.306 e. The number of nitrogens with zero attached hydrogens (tertiary/aromatic N) is 2. The van der Waals surface area contributed by atoms with Gasteiger partial charge in [-0.1, -0.05) is 0 Å². The molecule has 1 aromatic heterocycles. The van der Waals surface area contributed by atoms with E-state index in [9.17, 15) is 4.79 Å². The van der Waals surface area contributed by atoms with Gasteiger partial charge in [-0.05, 0) is 31.4 Å². The fourth-order valence-corrected chi connectivity index (χ4v) is 2.26. The van der Waals surface area contributed by atoms with Gasteiger partial charge in [0.25, 0.3) is 0 Å². The molecule has 1 fully saturated rings. The number of aromatic nitrogens is 1. The van der Waals surface area contributed by atoms with Gasteiger partial charge in [-0.25, -0.2) is 4.98 Å². The van der Waals surface area contributed by atoms with Crippen LogP contribution in [0.3, 0.4) is 0 Å². The minimum Gasteiger partial charge on any atom is -0.481 e. The lowest BCUT2D eigenvalue weighted by atomic mass is 9.97. The maximum atomic E-state index is 10.9. The van der Waals surface area contributed by atoms with Gasteiger partial charge < -0.3 is 15.7 Å². The van der Waals surface area contributed by atoms with E-state index in [4.69, 9.17) is 10.8 Å². The van der Waals surface area contributed by atoms with Crippen molar-refractivity contribution in [2.75, 3.05) is 23.7 Å². The van der Waals surface area contributed by atoms with Gasteiger partial charge in [-0.2, -0.15) is 0 Å². The summed E-state index contributed by atoms with van der Waals surface area (Å²) in [6.45, 7) is 3.46. The van der Waals surface area contributed by atoms with Gasteiger partial charge in [0, 0.05) is 13.1 Å². The number of nitrogen functional groups attached to an aromatic ring is 1. The minimum atomic E-state index is -0.688. The molecule has 0 atom stereocenters. The molecule has 3 N–H and O–H groups in total. The molecule has 1 aliphatic heterocycles. The third-order valence-electron chi connectivity index (χ3n) is 3.22. The molecular weight excluding hydrogens is 218 g/mol. The molecule has 0 spiro atoms. The van der Waals surface area contributed by atoms with Crippen molar-refractivity contribution in [3.8, 4) is 0 Å². The van der Waals surface area contributed by atoms with E-state index >= 15 is 0 Å². The molecule has 0 aromatic carbocycles. The molecule has 92 valence electrons. The van der Waals surface area contributed by atoms with E-state index in [-0.39, 0.29) is 5.92 Å². The van der Waals surface area contributed by atoms with E-state index in [1.165, 1.54) is 0 Å². The summed E-state index contributed by atoms with van der Waals surface area (Å²) in [5, 5.41) is 8.94. The highest BCUT2D eigenvalue weighted by Gasteiger charge is 2.25. The maximum Gasteiger partial charge on any atom is 0.306 e. The van der Waals surface area contributed by atoms with Crippen molar-refractivity contribution in [1.29, 1.82) is 0 Å². The Morgan fingerprint density at radius 3 is 2.71 bits per heavy atom. The number of nitrogens with two attached hydrogens (primary N) is 1. The average molecular weight is 235 g/mol. The molecule has 2 heterocycles. The van der Waals surface area contributed by atoms with Gasteiger partial charge in [0.1, 0.15) is 5.82 Å². The lowest BCUT2D eigenvalue weighted by molar-refractivity contribution is -0.142. The number of anilines is 2. The Balaban J connectivity index is 2.08. The molecule has 1 aromatic rings. The van der Waals surface area contributed by atoms with E-state index in [0.29, 0.717) is 18.5 Å². The molecule has 0 aliphatic carbocycles. The first-order valence-corrected chi connectivity index (χ1v) is 5.78. The van der Waals surface area contributed by atoms with Crippen molar-refractivity contribution in [2.45, 2.75) is 19.8 Å². The van der Waals surface area contributed by atoms with Crippen molar-refractivity contribution in [1.82, 2.24) is 4.98 Å². The minimum absolute atomic E-state index is 0.208. The lowest BCUT2D eigenvalue weighted by Crippen LogP contribution is -2.37. The number of aryl methyl sites for hydroxylation is 1. The molecule has 0 unspecified atom stereocenters. The Kier molecular flexibility index (Phi) is 3.17. The third-order valence-corrected chi connectivity index (χ3v) is 3.22. The zero-order valence-electron chi connectivity index (χ0n) is 9.89. The number of carboxylic acid groups (broad SMARTS) is 1. The van der Waals surface area contributed by atoms with E-state index in [1.54, 1.807) is 6.20 Å². The van der Waals surface area contributed by atoms with Crippen LogP contribution >= 0.6 is 0 Å². The molecular formula is C12H17N3O2. The van der Waals surface area contributed by atoms with E-state index < -0.39 is 5.97 Å². The molecule has 1 aliphatic rings. The van der Waals surface area contributed by atoms with Gasteiger partial charge in [0.2, 0.25) is 0 Å². The number of rotatable bonds is 2. The van der Waals surface area contributed by atoms with Crippen LogP contribution in [0.25, 0.3) is 0 Å². The highest BCUT2D eigenvalue weighted by molar-refractivity contribution is 5.70. The predicted octanol–water partition coefficient (Wildman–Crippen LogP) is 1.27. The second-order valence-electron chi connectivity index (χ2n) is 4.51. The van der Waals surface area contributed by atoms with E-state index in [1.807, 2.05) is 13.0 Å². The van der Waals surface area contributed by atoms with Crippen LogP contribution in [0.15, 0.2) is 12.3 Å². The largest absolute Gasteiger partial charge is 0.481 e. The number of piperidine rings is 1. The molecule has 5 nitrogen and oxygen atoms in total. The van der Waals surface area contributed by atoms with E-state index in [0.717, 1.165) is 24.5 Å². The molecule has 17 heavy (non-hydrogen) atoms. The highest BCUT2D eigenvalue weighted by Crippen LogP contribution is 2.25. The number of hydrogen-bond donors (Lipinski definition) is 2. The highest BCUT2D eigenvalue weighted by atomic mass is 16.4. The first kappa shape index (κ1) is 11.7. The molecule has 0 saturated carbocycles. The second-order valence-corrected chi connectivity index (χ2v) is 4.51. The molecule has 0 amide bonds. The summed E-state index contributed by atoms with van der Waals surface area (Å²) < 4.78 is 0. The van der Waals surface area contributed by atoms with Crippen molar-refractivity contribution >= 4 is 17.5 Å². The van der Waals surface area contributed by atoms with Crippen LogP contribution in [0.2, 0.25) is 0 Å². The third kappa shape index (κ3) is 2.49. The maximum absolute atomic E-state index is 10.9. The Morgan fingerprint density at radius 2 is 2.18 bits per heavy atom. The molecule has 1 saturated heterocycles. The van der Waals surface area contributed by atoms with Crippen LogP contribution in [0.4, 0.5) is 11.5 Å². The summed E-state index contributed by atoms with van der Waals surface area (Å²) in [6, 6.07) is 1.89. The van der Waals surface area contributed by atoms with Gasteiger partial charge in [0.05, 0.1) is 17.8 Å². The topological polar surface area (TPSA) is 79.5 Å². The molecule has 0 bridgehead atoms. The molecule has 2 rings (SSSR count). The summed E-state index contributed by atoms with van der Waals surface area (Å²) in [7, 11) is 0. The number of carbonyl (C=O) groups is 1. The first-order valence-electron chi connectivity index (χ1n) is 5.78. The van der Waals surface area contributed by atoms with E-state index in [2.05, 4.69) is 9.88 Å². The van der Waals surface area contributed by atoms with Crippen LogP contribution in [0.1, 0.15) is 18.4 Å². The van der Waals surface area contributed by atoms with Crippen LogP contribution in [0.5, 0.6) is 0 Å². The summed E-state index contributed by atoms with van der Waals surface area (Å²) >= 11 is 0. The van der Waals surface area contributed by atoms with Crippen LogP contribution in [0, 0.1) is 12.8 Å². The fraction of sp³-hybridized carbons (Fsp3) is 0.500. The average Bonchev–Trinajstić information content (AvgIpc) is 2.29. The number of aliphatic carboxylic acids is 1. The monoisotopic (exact) mass is 235 g/mol. The van der Waals surface area contributed by atoms with Crippen LogP contribution in [-0.4, -0.2) is 29.1 Å². The van der Waals surface area contributed by atoms with Gasteiger partial charge in [-0.15, -0.1) is 0 Å². The van der Waals surface area contributed by atoms with Gasteiger partial charge in [-0.3, -0.25) is 4.79 Å². The molecule has 0 radical (unpaired) electrons. The standard InChI is InChI=1S/C12H17N3O2/c1-8-6-10(13)7-14-11(8)15-4-2-9(3-5-15)12(16)17/h6-7,9H,2-5,13H2,1H3,(H,16,17). The Bertz CT molecular complexity index is 426. The zero-order chi connectivity index (χ0) is 12.4. The fourth-order valence-electron chi connectivity index (χ4n) is 2.26. The van der Waals surface area contributed by atoms with Crippen LogP contribution in [-0.2, 0) is 4.79 Å². The summed E-state index contributed by atoms with van der Waals surface area (Å²) in [6.07, 6.45) is 3.01. The first-order chi connectivity index (χ1) is 8.08. The lowest BCUT2D eigenvalue weighted by Gasteiger charge is -2.31. The number of hydrogen-bond acceptors (Lipinski definition) is 4. The Morgan fingerprint density at radius 1 is 1.53 bits per heavy atom. The van der Waals surface area contributed by atoms with Crippen LogP contribution < -0.4 is 10.6 Å². The summed E-state index contributed by atoms with van der Waals surface area (Å²) in [5.74, 6) is 0.0232. The van der Waals surface area contributed by atoms with Crippen molar-refractivity contribution in [2.24, 2.45) is 5.92 Å². The number of carboxylic acids is 1. The quantitative estimate of drug-likeness (QED) is 0.807. The Labute approximate surface area is 100 Å². The SMILES string of the molecule is Cc1cc(N)cnc1N1CCC(C(=O)O)CC1. The van der Waals surface area contributed by atoms with Gasteiger partial charge in [0.15, 0.2) is 0 Å².